The van der Waals surface area contributed by atoms with Gasteiger partial charge in [-0.05, 0) is 38.8 Å². The number of hydrogen-bond donors (Lipinski definition) is 0. The molecule has 0 spiro atoms. The van der Waals surface area contributed by atoms with E-state index in [0.717, 1.165) is 17.7 Å². The first-order chi connectivity index (χ1) is 16.2. The average molecular weight is 486 g/mol. The standard InChI is InChI=1S/C24H22ClF2N5O2/c1-12-13(2)29-23-22(21-17(26)7-16(25)8-18(21)27)30-19(11-32(23)24(12)33)14-4-5-34-20(6-14)15-9-28-31(3)10-15/h7-11,14,20H,4-6H2,1-3H3/t14-,20+/m1/s1. The number of aryl methyl sites for hydroxylation is 2. The van der Waals surface area contributed by atoms with Crippen molar-refractivity contribution in [2.75, 3.05) is 6.61 Å². The molecule has 1 aromatic carbocycles. The van der Waals surface area contributed by atoms with Gasteiger partial charge in [-0.3, -0.25) is 13.9 Å². The van der Waals surface area contributed by atoms with Gasteiger partial charge in [-0.15, -0.1) is 0 Å². The molecule has 0 unspecified atom stereocenters. The van der Waals surface area contributed by atoms with Crippen LogP contribution in [0.2, 0.25) is 5.02 Å². The van der Waals surface area contributed by atoms with E-state index in [4.69, 9.17) is 16.3 Å². The molecule has 0 saturated carbocycles. The van der Waals surface area contributed by atoms with Crippen LogP contribution in [0.1, 0.15) is 47.4 Å². The minimum Gasteiger partial charge on any atom is -0.373 e. The fourth-order valence-electron chi connectivity index (χ4n) is 4.39. The highest BCUT2D eigenvalue weighted by Crippen LogP contribution is 2.38. The largest absolute Gasteiger partial charge is 0.373 e. The van der Waals surface area contributed by atoms with Gasteiger partial charge >= 0.3 is 0 Å². The Morgan fingerprint density at radius 3 is 2.56 bits per heavy atom. The Balaban J connectivity index is 1.70. The first-order valence-electron chi connectivity index (χ1n) is 10.9. The maximum atomic E-state index is 15.0. The normalized spacial score (nSPS) is 18.5. The summed E-state index contributed by atoms with van der Waals surface area (Å²) in [6.07, 6.45) is 6.31. The Morgan fingerprint density at radius 1 is 1.15 bits per heavy atom. The molecule has 4 heterocycles. The summed E-state index contributed by atoms with van der Waals surface area (Å²) in [5, 5.41) is 4.14. The summed E-state index contributed by atoms with van der Waals surface area (Å²) in [5.74, 6) is -1.84. The van der Waals surface area contributed by atoms with Crippen molar-refractivity contribution in [3.63, 3.8) is 0 Å². The van der Waals surface area contributed by atoms with Gasteiger partial charge < -0.3 is 4.74 Å². The topological polar surface area (TPSA) is 74.3 Å². The van der Waals surface area contributed by atoms with Crippen molar-refractivity contribution < 1.29 is 13.5 Å². The molecule has 0 amide bonds. The fraction of sp³-hybridized carbons (Fsp3) is 0.333. The van der Waals surface area contributed by atoms with Crippen molar-refractivity contribution in [2.24, 2.45) is 7.05 Å². The van der Waals surface area contributed by atoms with E-state index in [1.807, 2.05) is 13.2 Å². The van der Waals surface area contributed by atoms with Crippen LogP contribution in [0.5, 0.6) is 0 Å². The van der Waals surface area contributed by atoms with Crippen LogP contribution in [-0.4, -0.2) is 30.8 Å². The van der Waals surface area contributed by atoms with E-state index in [1.54, 1.807) is 30.9 Å². The Kier molecular flexibility index (Phi) is 5.69. The molecule has 34 heavy (non-hydrogen) atoms. The van der Waals surface area contributed by atoms with Gasteiger partial charge in [-0.25, -0.2) is 18.7 Å². The van der Waals surface area contributed by atoms with Crippen LogP contribution in [0, 0.1) is 25.5 Å². The molecule has 176 valence electrons. The van der Waals surface area contributed by atoms with Crippen LogP contribution in [0.4, 0.5) is 8.78 Å². The van der Waals surface area contributed by atoms with Crippen molar-refractivity contribution in [3.8, 4) is 11.3 Å². The molecule has 1 aliphatic rings. The van der Waals surface area contributed by atoms with E-state index in [9.17, 15) is 13.6 Å². The molecule has 0 bridgehead atoms. The number of benzene rings is 1. The second-order valence-corrected chi connectivity index (χ2v) is 9.04. The Labute approximate surface area is 199 Å². The molecule has 0 N–H and O–H groups in total. The van der Waals surface area contributed by atoms with Gasteiger partial charge in [0.05, 0.1) is 23.6 Å². The van der Waals surface area contributed by atoms with E-state index in [2.05, 4.69) is 15.1 Å². The molecule has 10 heteroatoms. The zero-order valence-electron chi connectivity index (χ0n) is 18.8. The Morgan fingerprint density at radius 2 is 1.88 bits per heavy atom. The average Bonchev–Trinajstić information content (AvgIpc) is 3.23. The summed E-state index contributed by atoms with van der Waals surface area (Å²) in [5.41, 5.74) is 1.79. The van der Waals surface area contributed by atoms with Crippen molar-refractivity contribution in [1.29, 1.82) is 0 Å². The lowest BCUT2D eigenvalue weighted by Gasteiger charge is -2.29. The Hall–Kier alpha value is -3.17. The van der Waals surface area contributed by atoms with E-state index in [-0.39, 0.29) is 39.5 Å². The van der Waals surface area contributed by atoms with Gasteiger partial charge in [0, 0.05) is 53.8 Å². The SMILES string of the molecule is Cc1nc2c(-c3c(F)cc(Cl)cc3F)nc([C@@H]3CCO[C@H](c4cnn(C)c4)C3)cn2c(=O)c1C. The molecule has 2 atom stereocenters. The summed E-state index contributed by atoms with van der Waals surface area (Å²) in [4.78, 5) is 22.3. The van der Waals surface area contributed by atoms with E-state index in [0.29, 0.717) is 36.4 Å². The van der Waals surface area contributed by atoms with Crippen LogP contribution in [-0.2, 0) is 11.8 Å². The van der Waals surface area contributed by atoms with E-state index in [1.165, 1.54) is 4.40 Å². The van der Waals surface area contributed by atoms with Gasteiger partial charge in [-0.1, -0.05) is 11.6 Å². The second-order valence-electron chi connectivity index (χ2n) is 8.61. The fourth-order valence-corrected chi connectivity index (χ4v) is 4.58. The third-order valence-electron chi connectivity index (χ3n) is 6.34. The Bertz CT molecular complexity index is 1460. The second kappa shape index (κ2) is 8.56. The molecule has 7 nitrogen and oxygen atoms in total. The lowest BCUT2D eigenvalue weighted by atomic mass is 9.90. The number of rotatable bonds is 3. The van der Waals surface area contributed by atoms with E-state index >= 15 is 0 Å². The third-order valence-corrected chi connectivity index (χ3v) is 6.56. The van der Waals surface area contributed by atoms with Gasteiger partial charge in [0.15, 0.2) is 5.65 Å². The highest BCUT2D eigenvalue weighted by Gasteiger charge is 2.29. The summed E-state index contributed by atoms with van der Waals surface area (Å²) in [6.45, 7) is 3.83. The monoisotopic (exact) mass is 485 g/mol. The summed E-state index contributed by atoms with van der Waals surface area (Å²) in [7, 11) is 1.83. The van der Waals surface area contributed by atoms with Crippen LogP contribution in [0.3, 0.4) is 0 Å². The van der Waals surface area contributed by atoms with Gasteiger partial charge in [-0.2, -0.15) is 5.10 Å². The first-order valence-corrected chi connectivity index (χ1v) is 11.3. The predicted octanol–water partition coefficient (Wildman–Crippen LogP) is 4.67. The molecule has 0 radical (unpaired) electrons. The molecular weight excluding hydrogens is 464 g/mol. The number of ether oxygens (including phenoxy) is 1. The third kappa shape index (κ3) is 3.88. The highest BCUT2D eigenvalue weighted by molar-refractivity contribution is 6.30. The van der Waals surface area contributed by atoms with Crippen molar-refractivity contribution in [3.05, 3.63) is 80.2 Å². The minimum atomic E-state index is -0.871. The maximum absolute atomic E-state index is 15.0. The molecular formula is C24H22ClF2N5O2. The summed E-state index contributed by atoms with van der Waals surface area (Å²) >= 11 is 5.84. The molecule has 4 aromatic rings. The minimum absolute atomic E-state index is 0.0335. The van der Waals surface area contributed by atoms with Gasteiger partial charge in [0.1, 0.15) is 17.3 Å². The zero-order valence-corrected chi connectivity index (χ0v) is 19.6. The van der Waals surface area contributed by atoms with Crippen LogP contribution in [0.15, 0.2) is 35.5 Å². The number of nitrogens with zero attached hydrogens (tertiary/aromatic N) is 5. The number of halogens is 3. The van der Waals surface area contributed by atoms with Gasteiger partial charge in [0.2, 0.25) is 0 Å². The van der Waals surface area contributed by atoms with Crippen molar-refractivity contribution in [2.45, 2.75) is 38.7 Å². The van der Waals surface area contributed by atoms with Crippen molar-refractivity contribution in [1.82, 2.24) is 24.1 Å². The van der Waals surface area contributed by atoms with Crippen LogP contribution in [0.25, 0.3) is 16.9 Å². The zero-order chi connectivity index (χ0) is 24.1. The highest BCUT2D eigenvalue weighted by atomic mass is 35.5. The number of fused-ring (bicyclic) bond motifs is 1. The van der Waals surface area contributed by atoms with Crippen LogP contribution >= 0.6 is 11.6 Å². The van der Waals surface area contributed by atoms with E-state index < -0.39 is 11.6 Å². The lowest BCUT2D eigenvalue weighted by Crippen LogP contribution is -2.24. The molecule has 0 aliphatic carbocycles. The quantitative estimate of drug-likeness (QED) is 0.421. The molecule has 1 fully saturated rings. The summed E-state index contributed by atoms with van der Waals surface area (Å²) < 4.78 is 38.9. The maximum Gasteiger partial charge on any atom is 0.261 e. The van der Waals surface area contributed by atoms with Crippen LogP contribution < -0.4 is 5.56 Å². The number of hydrogen-bond acceptors (Lipinski definition) is 5. The predicted molar refractivity (Wildman–Crippen MR) is 123 cm³/mol. The molecule has 1 aliphatic heterocycles. The number of aromatic nitrogens is 5. The van der Waals surface area contributed by atoms with Crippen molar-refractivity contribution >= 4 is 17.2 Å². The smallest absolute Gasteiger partial charge is 0.261 e. The van der Waals surface area contributed by atoms with Gasteiger partial charge in [0.25, 0.3) is 5.56 Å². The molecule has 5 rings (SSSR count). The first kappa shape index (κ1) is 22.6. The lowest BCUT2D eigenvalue weighted by molar-refractivity contribution is 0.00455. The molecule has 3 aromatic heterocycles. The molecule has 1 saturated heterocycles. The summed E-state index contributed by atoms with van der Waals surface area (Å²) in [6, 6.07) is 2.05.